The average molecular weight is 438 g/mol. The molecule has 4 rings (SSSR count). The molecule has 2 aliphatic heterocycles. The molecule has 0 saturated heterocycles. The monoisotopic (exact) mass is 436 g/mol. The molecule has 2 aromatic rings. The Balaban J connectivity index is 2.22. The maximum Gasteiger partial charge on any atom is 0.737 e. The number of nitrogens with zero attached hydrogens (tertiary/aromatic N) is 2. The molecule has 0 N–H and O–H groups in total. The van der Waals surface area contributed by atoms with Crippen LogP contribution in [0, 0.1) is 13.8 Å². The summed E-state index contributed by atoms with van der Waals surface area (Å²) < 4.78 is 34.3. The first kappa shape index (κ1) is 17.7. The standard InChI is InChI=1S/C19H17BBrClF2N2/c1-10-7-12(3)25-18(10)17(15-9-14(22)5-6-16(15)21)19-11(2)8-13(4)26(19)20(25,23)24/h5-9H,1-4H3. The van der Waals surface area contributed by atoms with Crippen molar-refractivity contribution in [2.45, 2.75) is 27.7 Å². The Labute approximate surface area is 164 Å². The van der Waals surface area contributed by atoms with Gasteiger partial charge in [-0.15, -0.1) is 0 Å². The first-order valence-corrected chi connectivity index (χ1v) is 9.54. The van der Waals surface area contributed by atoms with E-state index in [1.54, 1.807) is 19.9 Å². The van der Waals surface area contributed by atoms with Gasteiger partial charge in [0.2, 0.25) is 0 Å². The largest absolute Gasteiger partial charge is 0.737 e. The maximum absolute atomic E-state index is 15.5. The zero-order valence-corrected chi connectivity index (χ0v) is 17.2. The van der Waals surface area contributed by atoms with Gasteiger partial charge in [-0.1, -0.05) is 27.5 Å². The number of halogens is 4. The number of aryl methyl sites for hydroxylation is 2. The van der Waals surface area contributed by atoms with Crippen LogP contribution in [-0.4, -0.2) is 21.6 Å². The summed E-state index contributed by atoms with van der Waals surface area (Å²) in [6, 6.07) is 7.29. The molecule has 7 heteroatoms. The second kappa shape index (κ2) is 5.67. The van der Waals surface area contributed by atoms with E-state index in [4.69, 9.17) is 11.6 Å². The number of benzene rings is 1. The minimum atomic E-state index is -3.96. The van der Waals surface area contributed by atoms with Crippen LogP contribution in [0.1, 0.15) is 36.4 Å². The minimum absolute atomic E-state index is 0.551. The molecule has 0 radical (unpaired) electrons. The summed E-state index contributed by atoms with van der Waals surface area (Å²) in [5, 5.41) is 0.568. The van der Waals surface area contributed by atoms with Crippen molar-refractivity contribution in [2.24, 2.45) is 0 Å². The highest BCUT2D eigenvalue weighted by Gasteiger charge is 2.55. The second-order valence-electron chi connectivity index (χ2n) is 6.96. The quantitative estimate of drug-likeness (QED) is 0.487. The molecule has 2 nitrogen and oxygen atoms in total. The lowest BCUT2D eigenvalue weighted by molar-refractivity contribution is -0.363. The van der Waals surface area contributed by atoms with Gasteiger partial charge in [0.1, 0.15) is 5.71 Å². The summed E-state index contributed by atoms with van der Waals surface area (Å²) in [6.07, 6.45) is 1.82. The molecule has 0 unspecified atom stereocenters. The van der Waals surface area contributed by atoms with Crippen LogP contribution in [0.3, 0.4) is 0 Å². The number of allylic oxidation sites excluding steroid dienone is 2. The van der Waals surface area contributed by atoms with E-state index in [1.165, 1.54) is 8.96 Å². The summed E-state index contributed by atoms with van der Waals surface area (Å²) in [4.78, 5) is 0. The third kappa shape index (κ3) is 2.24. The Kier molecular flexibility index (Phi) is 3.87. The fraction of sp³-hybridized carbons (Fsp3) is 0.211. The number of aromatic nitrogens is 1. The summed E-state index contributed by atoms with van der Waals surface area (Å²) >= 11 is 9.82. The molecule has 0 fully saturated rings. The van der Waals surface area contributed by atoms with Crippen molar-refractivity contribution in [3.63, 3.8) is 0 Å². The van der Waals surface area contributed by atoms with Crippen LogP contribution >= 0.6 is 27.5 Å². The van der Waals surface area contributed by atoms with E-state index >= 15 is 8.63 Å². The van der Waals surface area contributed by atoms with Gasteiger partial charge in [0.25, 0.3) is 0 Å². The normalized spacial score (nSPS) is 18.2. The fourth-order valence-electron chi connectivity index (χ4n) is 4.24. The minimum Gasteiger partial charge on any atom is -0.393 e. The third-order valence-electron chi connectivity index (χ3n) is 5.13. The first-order valence-electron chi connectivity index (χ1n) is 8.37. The van der Waals surface area contributed by atoms with Crippen LogP contribution in [0.25, 0.3) is 5.57 Å². The third-order valence-corrected chi connectivity index (χ3v) is 6.06. The van der Waals surface area contributed by atoms with Crippen molar-refractivity contribution in [3.05, 3.63) is 73.6 Å². The van der Waals surface area contributed by atoms with E-state index in [2.05, 4.69) is 15.9 Å². The van der Waals surface area contributed by atoms with Gasteiger partial charge in [-0.05, 0) is 56.3 Å². The lowest BCUT2D eigenvalue weighted by atomic mass is 9.84. The molecule has 1 aromatic heterocycles. The van der Waals surface area contributed by atoms with Crippen LogP contribution in [0.2, 0.25) is 5.02 Å². The number of fused-ring (bicyclic) bond motifs is 2. The van der Waals surface area contributed by atoms with Crippen LogP contribution in [0.5, 0.6) is 0 Å². The number of hydrogen-bond acceptors (Lipinski definition) is 0. The highest BCUT2D eigenvalue weighted by molar-refractivity contribution is 9.10. The molecule has 0 bridgehead atoms. The van der Waals surface area contributed by atoms with Gasteiger partial charge >= 0.3 is 6.97 Å². The predicted molar refractivity (Wildman–Crippen MR) is 107 cm³/mol. The van der Waals surface area contributed by atoms with Gasteiger partial charge in [-0.3, -0.25) is 0 Å². The maximum atomic E-state index is 15.5. The Morgan fingerprint density at radius 1 is 1.12 bits per heavy atom. The van der Waals surface area contributed by atoms with Crippen molar-refractivity contribution in [1.29, 1.82) is 0 Å². The van der Waals surface area contributed by atoms with Gasteiger partial charge < -0.3 is 17.6 Å². The molecule has 0 spiro atoms. The molecule has 0 saturated carbocycles. The summed E-state index contributed by atoms with van der Waals surface area (Å²) in [6.45, 7) is 3.26. The van der Waals surface area contributed by atoms with Crippen molar-refractivity contribution < 1.29 is 13.1 Å². The Morgan fingerprint density at radius 3 is 2.50 bits per heavy atom. The summed E-state index contributed by atoms with van der Waals surface area (Å²) in [5.41, 5.74) is 5.47. The molecule has 2 aliphatic rings. The number of rotatable bonds is 1. The van der Waals surface area contributed by atoms with E-state index in [9.17, 15) is 0 Å². The lowest BCUT2D eigenvalue weighted by Crippen LogP contribution is -2.51. The molecular formula is C19H17BBrClF2N2. The van der Waals surface area contributed by atoms with E-state index < -0.39 is 6.97 Å². The number of hydrogen-bond donors (Lipinski definition) is 0. The average Bonchev–Trinajstić information content (AvgIpc) is 3.00. The van der Waals surface area contributed by atoms with E-state index in [-0.39, 0.29) is 0 Å². The van der Waals surface area contributed by atoms with Crippen LogP contribution in [-0.2, 0) is 0 Å². The van der Waals surface area contributed by atoms with Crippen LogP contribution < -0.4 is 0 Å². The van der Waals surface area contributed by atoms with E-state index in [0.29, 0.717) is 27.8 Å². The predicted octanol–water partition coefficient (Wildman–Crippen LogP) is 5.95. The zero-order chi connectivity index (χ0) is 19.0. The Hall–Kier alpha value is -1.66. The van der Waals surface area contributed by atoms with Gasteiger partial charge in [0.15, 0.2) is 5.70 Å². The first-order chi connectivity index (χ1) is 12.1. The highest BCUT2D eigenvalue weighted by Crippen LogP contribution is 2.45. The molecule has 26 heavy (non-hydrogen) atoms. The van der Waals surface area contributed by atoms with Gasteiger partial charge in [0.05, 0.1) is 5.57 Å². The summed E-state index contributed by atoms with van der Waals surface area (Å²) in [5.74, 6) is 0. The highest BCUT2D eigenvalue weighted by atomic mass is 79.9. The SMILES string of the molecule is CC1=CC(C)=[N+]2C1=C(c1cc(Cl)ccc1Br)c1c(C)cc(C)n1[B-]2(F)F. The van der Waals surface area contributed by atoms with Crippen molar-refractivity contribution >= 4 is 45.8 Å². The van der Waals surface area contributed by atoms with Gasteiger partial charge in [0, 0.05) is 39.3 Å². The molecule has 1 aromatic carbocycles. The van der Waals surface area contributed by atoms with Crippen molar-refractivity contribution in [3.8, 4) is 0 Å². The Morgan fingerprint density at radius 2 is 1.81 bits per heavy atom. The van der Waals surface area contributed by atoms with Crippen molar-refractivity contribution in [2.75, 3.05) is 0 Å². The van der Waals surface area contributed by atoms with Crippen LogP contribution in [0.4, 0.5) is 8.63 Å². The molecule has 134 valence electrons. The Bertz CT molecular complexity index is 1080. The topological polar surface area (TPSA) is 7.94 Å². The fourth-order valence-corrected chi connectivity index (χ4v) is 4.86. The molecule has 0 amide bonds. The zero-order valence-electron chi connectivity index (χ0n) is 14.9. The lowest BCUT2D eigenvalue weighted by Gasteiger charge is -2.34. The molecule has 0 atom stereocenters. The molecule has 3 heterocycles. The van der Waals surface area contributed by atoms with Crippen LogP contribution in [0.15, 0.2) is 46.1 Å². The summed E-state index contributed by atoms with van der Waals surface area (Å²) in [7, 11) is 0. The smallest absolute Gasteiger partial charge is 0.393 e. The second-order valence-corrected chi connectivity index (χ2v) is 8.25. The van der Waals surface area contributed by atoms with Gasteiger partial charge in [-0.25, -0.2) is 0 Å². The van der Waals surface area contributed by atoms with E-state index in [1.807, 2.05) is 38.1 Å². The molecule has 0 aliphatic carbocycles. The van der Waals surface area contributed by atoms with E-state index in [0.717, 1.165) is 26.7 Å². The van der Waals surface area contributed by atoms with Crippen molar-refractivity contribution in [1.82, 2.24) is 4.48 Å². The van der Waals surface area contributed by atoms with Gasteiger partial charge in [-0.2, -0.15) is 0 Å². The molecular weight excluding hydrogens is 420 g/mol.